The van der Waals surface area contributed by atoms with E-state index >= 15 is 0 Å². The van der Waals surface area contributed by atoms with E-state index in [2.05, 4.69) is 0 Å². The molecule has 4 atom stereocenters. The van der Waals surface area contributed by atoms with Crippen LogP contribution in [0.25, 0.3) is 0 Å². The number of halogens is 1. The van der Waals surface area contributed by atoms with Gasteiger partial charge in [-0.1, -0.05) is 0 Å². The molecule has 76 valence electrons. The Balaban J connectivity index is 2.07. The number of alkyl halides is 1. The molecule has 1 N–H and O–H groups in total. The van der Waals surface area contributed by atoms with E-state index in [-0.39, 0.29) is 6.61 Å². The second-order valence-electron chi connectivity index (χ2n) is 3.77. The van der Waals surface area contributed by atoms with Gasteiger partial charge in [-0.05, 0) is 13.8 Å². The van der Waals surface area contributed by atoms with Crippen LogP contribution in [0.4, 0.5) is 4.39 Å². The topological polar surface area (TPSA) is 47.9 Å². The Bertz CT molecular complexity index is 208. The molecule has 5 heteroatoms. The van der Waals surface area contributed by atoms with Gasteiger partial charge in [-0.3, -0.25) is 0 Å². The van der Waals surface area contributed by atoms with Crippen LogP contribution in [0.3, 0.4) is 0 Å². The molecule has 0 bridgehead atoms. The molecule has 2 fully saturated rings. The van der Waals surface area contributed by atoms with Crippen LogP contribution in [0.2, 0.25) is 0 Å². The van der Waals surface area contributed by atoms with E-state index in [1.807, 2.05) is 0 Å². The molecule has 2 heterocycles. The summed E-state index contributed by atoms with van der Waals surface area (Å²) < 4.78 is 29.1. The van der Waals surface area contributed by atoms with Crippen LogP contribution in [0, 0.1) is 0 Å². The third-order valence-electron chi connectivity index (χ3n) is 2.25. The zero-order chi connectivity index (χ0) is 9.64. The minimum Gasteiger partial charge on any atom is -0.394 e. The molecule has 0 radical (unpaired) electrons. The summed E-state index contributed by atoms with van der Waals surface area (Å²) in [5.41, 5.74) is 0. The highest BCUT2D eigenvalue weighted by Gasteiger charge is 2.54. The first-order chi connectivity index (χ1) is 6.03. The van der Waals surface area contributed by atoms with Crippen molar-refractivity contribution in [3.63, 3.8) is 0 Å². The third-order valence-corrected chi connectivity index (χ3v) is 2.25. The van der Waals surface area contributed by atoms with Crippen molar-refractivity contribution in [2.45, 2.75) is 44.3 Å². The number of rotatable bonds is 1. The van der Waals surface area contributed by atoms with Crippen molar-refractivity contribution in [3.8, 4) is 0 Å². The summed E-state index contributed by atoms with van der Waals surface area (Å²) in [4.78, 5) is 0. The van der Waals surface area contributed by atoms with Crippen LogP contribution in [0.5, 0.6) is 0 Å². The Morgan fingerprint density at radius 2 is 2.08 bits per heavy atom. The van der Waals surface area contributed by atoms with Crippen LogP contribution < -0.4 is 0 Å². The van der Waals surface area contributed by atoms with Gasteiger partial charge in [0, 0.05) is 0 Å². The molecular weight excluding hydrogens is 179 g/mol. The summed E-state index contributed by atoms with van der Waals surface area (Å²) in [7, 11) is 0. The Kier molecular flexibility index (Phi) is 2.07. The summed E-state index contributed by atoms with van der Waals surface area (Å²) in [5, 5.41) is 8.75. The number of ether oxygens (including phenoxy) is 3. The maximum absolute atomic E-state index is 13.4. The molecule has 2 saturated heterocycles. The lowest BCUT2D eigenvalue weighted by Crippen LogP contribution is -2.33. The average molecular weight is 192 g/mol. The minimum atomic E-state index is -1.31. The zero-order valence-corrected chi connectivity index (χ0v) is 7.57. The standard InChI is InChI=1S/C8H13FO4/c1-8(2)12-6-5(9)4(3-10)11-7(6)13-8/h4-7,10H,3H2,1-2H3/t4-,5-,6-,7-/m1/s1. The molecule has 2 rings (SSSR count). The molecule has 0 amide bonds. The third kappa shape index (κ3) is 1.46. The first-order valence-electron chi connectivity index (χ1n) is 4.29. The van der Waals surface area contributed by atoms with E-state index in [0.29, 0.717) is 0 Å². The Morgan fingerprint density at radius 1 is 1.38 bits per heavy atom. The fourth-order valence-electron chi connectivity index (χ4n) is 1.68. The van der Waals surface area contributed by atoms with Gasteiger partial charge in [0.1, 0.15) is 12.2 Å². The lowest BCUT2D eigenvalue weighted by atomic mass is 10.2. The molecule has 0 spiro atoms. The van der Waals surface area contributed by atoms with Gasteiger partial charge in [0.05, 0.1) is 6.61 Å². The molecule has 0 aliphatic carbocycles. The van der Waals surface area contributed by atoms with E-state index in [1.54, 1.807) is 13.8 Å². The predicted octanol–water partition coefficient (Wildman–Crippen LogP) is 0.193. The molecule has 2 aliphatic heterocycles. The minimum absolute atomic E-state index is 0.346. The van der Waals surface area contributed by atoms with Crippen LogP contribution in [0.15, 0.2) is 0 Å². The van der Waals surface area contributed by atoms with Crippen molar-refractivity contribution in [1.29, 1.82) is 0 Å². The molecule has 0 saturated carbocycles. The lowest BCUT2D eigenvalue weighted by Gasteiger charge is -2.20. The van der Waals surface area contributed by atoms with Crippen molar-refractivity contribution in [3.05, 3.63) is 0 Å². The van der Waals surface area contributed by atoms with Gasteiger partial charge >= 0.3 is 0 Å². The quantitative estimate of drug-likeness (QED) is 0.644. The molecule has 4 nitrogen and oxygen atoms in total. The van der Waals surface area contributed by atoms with E-state index < -0.39 is 30.5 Å². The molecule has 0 aromatic rings. The van der Waals surface area contributed by atoms with Gasteiger partial charge in [-0.2, -0.15) is 0 Å². The van der Waals surface area contributed by atoms with Crippen molar-refractivity contribution < 1.29 is 23.7 Å². The SMILES string of the molecule is CC1(C)O[C@H]2O[C@H](CO)[C@@H](F)[C@H]2O1. The molecular formula is C8H13FO4. The van der Waals surface area contributed by atoms with Crippen molar-refractivity contribution in [2.24, 2.45) is 0 Å². The van der Waals surface area contributed by atoms with Gasteiger partial charge in [0.2, 0.25) is 0 Å². The molecule has 0 unspecified atom stereocenters. The number of fused-ring (bicyclic) bond motifs is 1. The Hall–Kier alpha value is -0.230. The number of hydrogen-bond acceptors (Lipinski definition) is 4. The first kappa shape index (κ1) is 9.33. The fraction of sp³-hybridized carbons (Fsp3) is 1.00. The molecule has 13 heavy (non-hydrogen) atoms. The Morgan fingerprint density at radius 3 is 2.62 bits per heavy atom. The fourth-order valence-corrected chi connectivity index (χ4v) is 1.68. The van der Waals surface area contributed by atoms with Crippen LogP contribution in [-0.2, 0) is 14.2 Å². The average Bonchev–Trinajstić information content (AvgIpc) is 2.47. The lowest BCUT2D eigenvalue weighted by molar-refractivity contribution is -0.214. The summed E-state index contributed by atoms with van der Waals surface area (Å²) in [6.07, 6.45) is -3.50. The van der Waals surface area contributed by atoms with Gasteiger partial charge in [-0.15, -0.1) is 0 Å². The summed E-state index contributed by atoms with van der Waals surface area (Å²) >= 11 is 0. The smallest absolute Gasteiger partial charge is 0.190 e. The maximum Gasteiger partial charge on any atom is 0.190 e. The largest absolute Gasteiger partial charge is 0.394 e. The van der Waals surface area contributed by atoms with Gasteiger partial charge in [-0.25, -0.2) is 4.39 Å². The van der Waals surface area contributed by atoms with Gasteiger partial charge in [0.15, 0.2) is 18.2 Å². The van der Waals surface area contributed by atoms with E-state index in [0.717, 1.165) is 0 Å². The summed E-state index contributed by atoms with van der Waals surface area (Å²) in [6, 6.07) is 0. The summed E-state index contributed by atoms with van der Waals surface area (Å²) in [6.45, 7) is 3.06. The van der Waals surface area contributed by atoms with Gasteiger partial charge < -0.3 is 19.3 Å². The highest BCUT2D eigenvalue weighted by molar-refractivity contribution is 4.92. The zero-order valence-electron chi connectivity index (χ0n) is 7.57. The molecule has 2 aliphatic rings. The highest BCUT2D eigenvalue weighted by atomic mass is 19.1. The van der Waals surface area contributed by atoms with Gasteiger partial charge in [0.25, 0.3) is 0 Å². The Labute approximate surface area is 75.6 Å². The number of aliphatic hydroxyl groups is 1. The number of aliphatic hydroxyl groups excluding tert-OH is 1. The van der Waals surface area contributed by atoms with E-state index in [4.69, 9.17) is 19.3 Å². The second-order valence-corrected chi connectivity index (χ2v) is 3.77. The first-order valence-corrected chi connectivity index (χ1v) is 4.29. The normalized spacial score (nSPS) is 48.0. The van der Waals surface area contributed by atoms with Crippen molar-refractivity contribution in [1.82, 2.24) is 0 Å². The van der Waals surface area contributed by atoms with E-state index in [1.165, 1.54) is 0 Å². The number of hydrogen-bond donors (Lipinski definition) is 1. The molecule has 0 aromatic heterocycles. The monoisotopic (exact) mass is 192 g/mol. The predicted molar refractivity (Wildman–Crippen MR) is 40.7 cm³/mol. The van der Waals surface area contributed by atoms with Crippen LogP contribution in [-0.4, -0.2) is 42.2 Å². The second kappa shape index (κ2) is 2.88. The van der Waals surface area contributed by atoms with Crippen LogP contribution >= 0.6 is 0 Å². The maximum atomic E-state index is 13.4. The highest BCUT2D eigenvalue weighted by Crippen LogP contribution is 2.38. The van der Waals surface area contributed by atoms with Crippen molar-refractivity contribution >= 4 is 0 Å². The van der Waals surface area contributed by atoms with Crippen molar-refractivity contribution in [2.75, 3.05) is 6.61 Å². The summed E-state index contributed by atoms with van der Waals surface area (Å²) in [5.74, 6) is -0.792. The van der Waals surface area contributed by atoms with E-state index in [9.17, 15) is 4.39 Å². The van der Waals surface area contributed by atoms with Crippen LogP contribution in [0.1, 0.15) is 13.8 Å². The molecule has 0 aromatic carbocycles.